The molecule has 0 atom stereocenters. The average molecular weight is 554 g/mol. The molecule has 0 fully saturated rings. The number of aryl methyl sites for hydroxylation is 3. The number of hydrogen-bond donors (Lipinski definition) is 4. The Bertz CT molecular complexity index is 1730. The molecule has 1 aliphatic rings. The maximum atomic E-state index is 12.8. The molecule has 12 heteroatoms. The van der Waals surface area contributed by atoms with Crippen molar-refractivity contribution in [2.24, 2.45) is 5.73 Å². The highest BCUT2D eigenvalue weighted by atomic mass is 16.6. The van der Waals surface area contributed by atoms with E-state index in [4.69, 9.17) is 30.8 Å². The van der Waals surface area contributed by atoms with E-state index in [-0.39, 0.29) is 11.8 Å². The number of ether oxygens (including phenoxy) is 1. The zero-order chi connectivity index (χ0) is 28.3. The van der Waals surface area contributed by atoms with Crippen LogP contribution in [0.1, 0.15) is 30.9 Å². The van der Waals surface area contributed by atoms with Crippen LogP contribution in [0, 0.1) is 0 Å². The Morgan fingerprint density at radius 1 is 1.07 bits per heavy atom. The minimum absolute atomic E-state index is 0.135. The standard InChI is InChI=1S/C29H31N9O3/c1-2-38-26-22(40-13-5-12-30)16-32-23(24(26)35-28(38)25-27(31)37-41-36-25)19-8-4-9-20(15-19)33-29(39)34-21-11-10-17-6-3-7-18(17)14-21/h4,8-11,14-16H,2-3,5-7,12-13,30H2,1H3,(H2,31,37)(H2,33,34,39). The number of aromatic nitrogens is 5. The molecule has 0 saturated heterocycles. The number of urea groups is 1. The van der Waals surface area contributed by atoms with Crippen LogP contribution < -0.4 is 26.8 Å². The fourth-order valence-corrected chi connectivity index (χ4v) is 5.22. The molecular weight excluding hydrogens is 522 g/mol. The lowest BCUT2D eigenvalue weighted by Crippen LogP contribution is -2.19. The molecule has 1 aliphatic carbocycles. The third kappa shape index (κ3) is 5.16. The topological polar surface area (TPSA) is 172 Å². The number of carbonyl (C=O) groups excluding carboxylic acids is 1. The molecule has 210 valence electrons. The molecule has 6 N–H and O–H groups in total. The number of benzene rings is 2. The van der Waals surface area contributed by atoms with E-state index >= 15 is 0 Å². The largest absolute Gasteiger partial charge is 0.490 e. The van der Waals surface area contributed by atoms with Crippen molar-refractivity contribution >= 4 is 34.3 Å². The quantitative estimate of drug-likeness (QED) is 0.190. The van der Waals surface area contributed by atoms with Crippen molar-refractivity contribution in [3.63, 3.8) is 0 Å². The van der Waals surface area contributed by atoms with Gasteiger partial charge in [-0.1, -0.05) is 18.2 Å². The summed E-state index contributed by atoms with van der Waals surface area (Å²) in [7, 11) is 0. The molecule has 3 heterocycles. The van der Waals surface area contributed by atoms with Crippen LogP contribution in [0.5, 0.6) is 5.75 Å². The predicted molar refractivity (Wildman–Crippen MR) is 157 cm³/mol. The molecule has 0 aliphatic heterocycles. The monoisotopic (exact) mass is 553 g/mol. The van der Waals surface area contributed by atoms with Gasteiger partial charge < -0.3 is 31.4 Å². The average Bonchev–Trinajstić information content (AvgIpc) is 3.71. The van der Waals surface area contributed by atoms with E-state index in [2.05, 4.69) is 33.1 Å². The van der Waals surface area contributed by atoms with Gasteiger partial charge in [0.15, 0.2) is 23.1 Å². The summed E-state index contributed by atoms with van der Waals surface area (Å²) in [5, 5.41) is 13.6. The lowest BCUT2D eigenvalue weighted by molar-refractivity contribution is 0.262. The van der Waals surface area contributed by atoms with E-state index in [1.165, 1.54) is 11.1 Å². The first-order valence-corrected chi connectivity index (χ1v) is 13.7. The van der Waals surface area contributed by atoms with Crippen LogP contribution in [0.3, 0.4) is 0 Å². The van der Waals surface area contributed by atoms with Crippen molar-refractivity contribution < 1.29 is 14.2 Å². The van der Waals surface area contributed by atoms with E-state index in [9.17, 15) is 4.79 Å². The molecule has 0 radical (unpaired) electrons. The molecule has 12 nitrogen and oxygen atoms in total. The number of nitrogens with zero attached hydrogens (tertiary/aromatic N) is 5. The van der Waals surface area contributed by atoms with Gasteiger partial charge in [-0.2, -0.15) is 0 Å². The highest BCUT2D eigenvalue weighted by Gasteiger charge is 2.24. The third-order valence-corrected chi connectivity index (χ3v) is 7.13. The summed E-state index contributed by atoms with van der Waals surface area (Å²) in [5.41, 5.74) is 18.8. The zero-order valence-electron chi connectivity index (χ0n) is 22.7. The fraction of sp³-hybridized carbons (Fsp3) is 0.276. The van der Waals surface area contributed by atoms with Crippen molar-refractivity contribution in [2.75, 3.05) is 29.5 Å². The number of fused-ring (bicyclic) bond motifs is 2. The Morgan fingerprint density at radius 2 is 1.90 bits per heavy atom. The highest BCUT2D eigenvalue weighted by molar-refractivity contribution is 6.01. The molecule has 3 aromatic heterocycles. The number of rotatable bonds is 9. The summed E-state index contributed by atoms with van der Waals surface area (Å²) in [4.78, 5) is 22.4. The first-order chi connectivity index (χ1) is 20.1. The molecule has 0 unspecified atom stereocenters. The van der Waals surface area contributed by atoms with Crippen LogP contribution in [-0.2, 0) is 19.4 Å². The number of pyridine rings is 1. The molecular formula is C29H31N9O3. The highest BCUT2D eigenvalue weighted by Crippen LogP contribution is 2.37. The van der Waals surface area contributed by atoms with Gasteiger partial charge in [0.1, 0.15) is 11.0 Å². The number of carbonyl (C=O) groups is 1. The van der Waals surface area contributed by atoms with E-state index in [0.717, 1.165) is 36.0 Å². The second-order valence-electron chi connectivity index (χ2n) is 9.83. The van der Waals surface area contributed by atoms with Gasteiger partial charge in [0.25, 0.3) is 0 Å². The van der Waals surface area contributed by atoms with Crippen LogP contribution in [0.25, 0.3) is 33.8 Å². The van der Waals surface area contributed by atoms with Gasteiger partial charge in [-0.3, -0.25) is 0 Å². The van der Waals surface area contributed by atoms with E-state index in [0.29, 0.717) is 60.3 Å². The van der Waals surface area contributed by atoms with Gasteiger partial charge in [0.05, 0.1) is 18.5 Å². The van der Waals surface area contributed by atoms with Gasteiger partial charge >= 0.3 is 6.03 Å². The van der Waals surface area contributed by atoms with Crippen molar-refractivity contribution in [1.29, 1.82) is 0 Å². The van der Waals surface area contributed by atoms with Crippen LogP contribution in [-0.4, -0.2) is 44.0 Å². The van der Waals surface area contributed by atoms with Crippen molar-refractivity contribution in [2.45, 2.75) is 39.2 Å². The summed E-state index contributed by atoms with van der Waals surface area (Å²) in [6, 6.07) is 13.2. The number of nitrogen functional groups attached to an aromatic ring is 1. The minimum atomic E-state index is -0.326. The minimum Gasteiger partial charge on any atom is -0.490 e. The van der Waals surface area contributed by atoms with Crippen molar-refractivity contribution in [3.8, 4) is 28.5 Å². The number of nitrogens with one attached hydrogen (secondary N) is 2. The van der Waals surface area contributed by atoms with Gasteiger partial charge in [0.2, 0.25) is 0 Å². The van der Waals surface area contributed by atoms with Crippen LogP contribution >= 0.6 is 0 Å². The van der Waals surface area contributed by atoms with Crippen LogP contribution in [0.2, 0.25) is 0 Å². The first-order valence-electron chi connectivity index (χ1n) is 13.7. The maximum absolute atomic E-state index is 12.8. The lowest BCUT2D eigenvalue weighted by atomic mass is 10.1. The Balaban J connectivity index is 1.34. The summed E-state index contributed by atoms with van der Waals surface area (Å²) in [6.07, 6.45) is 5.66. The number of hydrogen-bond acceptors (Lipinski definition) is 9. The molecule has 0 saturated carbocycles. The molecule has 5 aromatic rings. The van der Waals surface area contributed by atoms with Crippen LogP contribution in [0.4, 0.5) is 22.0 Å². The zero-order valence-corrected chi connectivity index (χ0v) is 22.7. The van der Waals surface area contributed by atoms with Crippen molar-refractivity contribution in [3.05, 3.63) is 59.8 Å². The molecule has 0 spiro atoms. The second kappa shape index (κ2) is 11.3. The van der Waals surface area contributed by atoms with Gasteiger partial charge in [-0.15, -0.1) is 0 Å². The Kier molecular flexibility index (Phi) is 7.21. The fourth-order valence-electron chi connectivity index (χ4n) is 5.22. The summed E-state index contributed by atoms with van der Waals surface area (Å²) >= 11 is 0. The van der Waals surface area contributed by atoms with E-state index < -0.39 is 0 Å². The number of amides is 2. The van der Waals surface area contributed by atoms with Gasteiger partial charge in [-0.25, -0.2) is 19.4 Å². The first kappa shape index (κ1) is 26.3. The molecule has 0 bridgehead atoms. The second-order valence-corrected chi connectivity index (χ2v) is 9.83. The Hall–Kier alpha value is -4.97. The summed E-state index contributed by atoms with van der Waals surface area (Å²) in [5.74, 6) is 1.19. The maximum Gasteiger partial charge on any atom is 0.323 e. The third-order valence-electron chi connectivity index (χ3n) is 7.13. The van der Waals surface area contributed by atoms with E-state index in [1.807, 2.05) is 41.8 Å². The number of anilines is 3. The SMILES string of the molecule is CCn1c(-c2nonc2N)nc2c(-c3cccc(NC(=O)Nc4ccc5c(c4)CCC5)c3)ncc(OCCCN)c21. The normalized spacial score (nSPS) is 12.4. The predicted octanol–water partition coefficient (Wildman–Crippen LogP) is 4.61. The molecule has 2 aromatic carbocycles. The van der Waals surface area contributed by atoms with Gasteiger partial charge in [0, 0.05) is 23.5 Å². The molecule has 6 rings (SSSR count). The number of imidazole rings is 1. The van der Waals surface area contributed by atoms with E-state index in [1.54, 1.807) is 6.20 Å². The summed E-state index contributed by atoms with van der Waals surface area (Å²) < 4.78 is 12.9. The Morgan fingerprint density at radius 3 is 2.68 bits per heavy atom. The van der Waals surface area contributed by atoms with Crippen LogP contribution in [0.15, 0.2) is 53.3 Å². The van der Waals surface area contributed by atoms with Crippen molar-refractivity contribution in [1.82, 2.24) is 24.8 Å². The molecule has 41 heavy (non-hydrogen) atoms. The van der Waals surface area contributed by atoms with Gasteiger partial charge in [-0.05, 0) is 84.9 Å². The summed E-state index contributed by atoms with van der Waals surface area (Å²) in [6.45, 7) is 3.48. The Labute approximate surface area is 236 Å². The smallest absolute Gasteiger partial charge is 0.323 e. The lowest BCUT2D eigenvalue weighted by Gasteiger charge is -2.12. The molecule has 2 amide bonds. The number of nitrogens with two attached hydrogens (primary N) is 2.